The molecule has 3 heteroatoms. The summed E-state index contributed by atoms with van der Waals surface area (Å²) in [7, 11) is 1.77. The Kier molecular flexibility index (Phi) is 38.1. The van der Waals surface area contributed by atoms with Gasteiger partial charge in [-0.05, 0) is 116 Å². The van der Waals surface area contributed by atoms with Crippen LogP contribution in [0.25, 0.3) is 0 Å². The van der Waals surface area contributed by atoms with Crippen molar-refractivity contribution in [1.29, 1.82) is 0 Å². The Morgan fingerprint density at radius 3 is 0.842 bits per heavy atom. The maximum absolute atomic E-state index is 5.74. The lowest BCUT2D eigenvalue weighted by atomic mass is 9.76. The van der Waals surface area contributed by atoms with E-state index in [-0.39, 0.29) is 0 Å². The van der Waals surface area contributed by atoms with Crippen LogP contribution in [0.1, 0.15) is 248 Å². The highest BCUT2D eigenvalue weighted by Gasteiger charge is 2.27. The van der Waals surface area contributed by atoms with Gasteiger partial charge in [-0.25, -0.2) is 0 Å². The fraction of sp³-hybridized carbons (Fsp3) is 1.00. The van der Waals surface area contributed by atoms with Crippen LogP contribution in [0.5, 0.6) is 0 Å². The first kappa shape index (κ1) is 68.6. The van der Waals surface area contributed by atoms with Crippen LogP contribution in [0.2, 0.25) is 0 Å². The molecule has 0 aliphatic rings. The van der Waals surface area contributed by atoms with Gasteiger partial charge in [-0.15, -0.1) is 0 Å². The van der Waals surface area contributed by atoms with Crippen molar-refractivity contribution in [2.45, 2.75) is 272 Å². The highest BCUT2D eigenvalue weighted by molar-refractivity contribution is 4.77. The molecule has 0 fully saturated rings. The smallest absolute Gasteiger partial charge is 0.0580 e. The van der Waals surface area contributed by atoms with E-state index < -0.39 is 0 Å². The molecular formula is C54H120O3. The summed E-state index contributed by atoms with van der Waals surface area (Å²) in [5.41, 5.74) is 2.59. The Morgan fingerprint density at radius 1 is 0.404 bits per heavy atom. The van der Waals surface area contributed by atoms with Crippen molar-refractivity contribution in [3.8, 4) is 0 Å². The molecule has 0 radical (unpaired) electrons. The third-order valence-corrected chi connectivity index (χ3v) is 13.0. The Balaban J connectivity index is -0.000000138. The summed E-state index contributed by atoms with van der Waals surface area (Å²) in [6.07, 6.45) is 5.37. The van der Waals surface area contributed by atoms with E-state index in [9.17, 15) is 0 Å². The van der Waals surface area contributed by atoms with E-state index in [1.54, 1.807) is 7.11 Å². The zero-order chi connectivity index (χ0) is 47.7. The molecule has 0 N–H and O–H groups in total. The maximum atomic E-state index is 5.74. The van der Waals surface area contributed by atoms with E-state index in [1.165, 1.54) is 19.3 Å². The minimum atomic E-state index is 0.338. The van der Waals surface area contributed by atoms with Crippen LogP contribution in [0, 0.1) is 68.0 Å². The molecular weight excluding hydrogens is 697 g/mol. The lowest BCUT2D eigenvalue weighted by Gasteiger charge is -2.33. The van der Waals surface area contributed by atoms with Crippen molar-refractivity contribution < 1.29 is 14.2 Å². The molecule has 8 unspecified atom stereocenters. The first-order valence-electron chi connectivity index (χ1n) is 23.7. The largest absolute Gasteiger partial charge is 0.381 e. The van der Waals surface area contributed by atoms with Gasteiger partial charge in [0.25, 0.3) is 0 Å². The van der Waals surface area contributed by atoms with Crippen molar-refractivity contribution in [2.24, 2.45) is 68.0 Å². The first-order valence-corrected chi connectivity index (χ1v) is 23.7. The molecule has 0 heterocycles. The number of hydrogen-bond acceptors (Lipinski definition) is 3. The third kappa shape index (κ3) is 43.8. The zero-order valence-corrected chi connectivity index (χ0v) is 46.8. The van der Waals surface area contributed by atoms with Crippen LogP contribution in [0.3, 0.4) is 0 Å². The van der Waals surface area contributed by atoms with Gasteiger partial charge >= 0.3 is 0 Å². The molecule has 57 heavy (non-hydrogen) atoms. The summed E-state index contributed by atoms with van der Waals surface area (Å²) in [5, 5.41) is 0. The van der Waals surface area contributed by atoms with Gasteiger partial charge < -0.3 is 14.2 Å². The van der Waals surface area contributed by atoms with Crippen molar-refractivity contribution in [1.82, 2.24) is 0 Å². The molecule has 0 amide bonds. The maximum Gasteiger partial charge on any atom is 0.0580 e. The van der Waals surface area contributed by atoms with Gasteiger partial charge in [0.2, 0.25) is 0 Å². The fourth-order valence-corrected chi connectivity index (χ4v) is 5.63. The molecule has 0 bridgehead atoms. The third-order valence-electron chi connectivity index (χ3n) is 13.0. The lowest BCUT2D eigenvalue weighted by molar-refractivity contribution is -0.0383. The Labute approximate surface area is 366 Å². The molecule has 0 saturated heterocycles. The molecule has 0 saturated carbocycles. The van der Waals surface area contributed by atoms with Gasteiger partial charge in [0.15, 0.2) is 0 Å². The SMILES string of the molecule is CC(C)C(C)C(C)(C)C.CC(C)OC(C)C(C)C(C)(C)C.CCC(C)C(C)(C)C.CCCC(C)(C)C.CCOC(C)C(C)C(C)(C)C.COC(C)C(C)C(C)(C)C. The minimum absolute atomic E-state index is 0.338. The predicted octanol–water partition coefficient (Wildman–Crippen LogP) is 18.5. The van der Waals surface area contributed by atoms with Crippen molar-refractivity contribution in [3.05, 3.63) is 0 Å². The van der Waals surface area contributed by atoms with E-state index in [0.717, 1.165) is 24.4 Å². The molecule has 0 aromatic rings. The molecule has 0 aromatic carbocycles. The highest BCUT2D eigenvalue weighted by Crippen LogP contribution is 2.32. The summed E-state index contributed by atoms with van der Waals surface area (Å²) in [6, 6.07) is 0. The van der Waals surface area contributed by atoms with E-state index >= 15 is 0 Å². The number of hydrogen-bond donors (Lipinski definition) is 0. The van der Waals surface area contributed by atoms with Gasteiger partial charge in [0.05, 0.1) is 24.4 Å². The molecule has 3 nitrogen and oxygen atoms in total. The summed E-state index contributed by atoms with van der Waals surface area (Å²) in [5.74, 6) is 4.30. The van der Waals surface area contributed by atoms with Crippen molar-refractivity contribution >= 4 is 0 Å². The van der Waals surface area contributed by atoms with Gasteiger partial charge in [0.1, 0.15) is 0 Å². The van der Waals surface area contributed by atoms with Gasteiger partial charge in [0, 0.05) is 13.7 Å². The summed E-state index contributed by atoms with van der Waals surface area (Å²) in [6.45, 7) is 74.8. The van der Waals surface area contributed by atoms with E-state index in [2.05, 4.69) is 222 Å². The normalized spacial score (nSPS) is 16.8. The number of methoxy groups -OCH3 is 1. The van der Waals surface area contributed by atoms with Crippen molar-refractivity contribution in [2.75, 3.05) is 13.7 Å². The van der Waals surface area contributed by atoms with E-state index in [0.29, 0.717) is 74.7 Å². The molecule has 0 aromatic heterocycles. The number of rotatable bonds is 11. The fourth-order valence-electron chi connectivity index (χ4n) is 5.63. The monoisotopic (exact) mass is 817 g/mol. The average molecular weight is 818 g/mol. The Hall–Kier alpha value is -0.120. The molecule has 354 valence electrons. The second-order valence-corrected chi connectivity index (χ2v) is 24.8. The molecule has 0 spiro atoms. The second kappa shape index (κ2) is 31.7. The van der Waals surface area contributed by atoms with Crippen LogP contribution in [-0.2, 0) is 14.2 Å². The summed E-state index contributed by atoms with van der Waals surface area (Å²) < 4.78 is 16.5. The molecule has 0 rings (SSSR count). The zero-order valence-electron chi connectivity index (χ0n) is 46.8. The van der Waals surface area contributed by atoms with Crippen LogP contribution in [-0.4, -0.2) is 38.1 Å². The molecule has 0 aliphatic carbocycles. The van der Waals surface area contributed by atoms with Gasteiger partial charge in [-0.3, -0.25) is 0 Å². The van der Waals surface area contributed by atoms with Crippen LogP contribution in [0.15, 0.2) is 0 Å². The standard InChI is InChI=1S/C11H24O.C10H22O.C9H20O.C9H20.C8H18.C7H16/c1-8(2)12-10(4)9(3)11(5,6)7;1-7-11-9(3)8(2)10(4,5)6;1-7(8(2)10-6)9(3,4)5;1-7(2)8(3)9(4,5)6;1-6-7(2)8(3,4)5;1-5-6-7(2,3)4/h8-10H,1-7H3;8-9H,7H2,1-6H3;7-8H,1-6H3;7-8H,1-6H3;7H,6H2,1-5H3;5-6H2,1-4H3. The molecule has 0 aliphatic heterocycles. The average Bonchev–Trinajstić information content (AvgIpc) is 3.00. The van der Waals surface area contributed by atoms with Crippen LogP contribution in [0.4, 0.5) is 0 Å². The Morgan fingerprint density at radius 2 is 0.719 bits per heavy atom. The van der Waals surface area contributed by atoms with Gasteiger partial charge in [-0.1, -0.05) is 200 Å². The quantitative estimate of drug-likeness (QED) is 0.208. The van der Waals surface area contributed by atoms with E-state index in [1.807, 2.05) is 6.92 Å². The first-order chi connectivity index (χ1) is 24.9. The minimum Gasteiger partial charge on any atom is -0.381 e. The molecule has 8 atom stereocenters. The Bertz CT molecular complexity index is 860. The van der Waals surface area contributed by atoms with Crippen LogP contribution < -0.4 is 0 Å². The summed E-state index contributed by atoms with van der Waals surface area (Å²) >= 11 is 0. The topological polar surface area (TPSA) is 27.7 Å². The second-order valence-electron chi connectivity index (χ2n) is 24.8. The van der Waals surface area contributed by atoms with E-state index in [4.69, 9.17) is 14.2 Å². The number of ether oxygens (including phenoxy) is 3. The lowest BCUT2D eigenvalue weighted by Crippen LogP contribution is -2.31. The summed E-state index contributed by atoms with van der Waals surface area (Å²) in [4.78, 5) is 0. The predicted molar refractivity (Wildman–Crippen MR) is 266 cm³/mol. The van der Waals surface area contributed by atoms with Gasteiger partial charge in [-0.2, -0.15) is 0 Å². The van der Waals surface area contributed by atoms with Crippen LogP contribution >= 0.6 is 0 Å². The van der Waals surface area contributed by atoms with Crippen molar-refractivity contribution in [3.63, 3.8) is 0 Å². The highest BCUT2D eigenvalue weighted by atomic mass is 16.5.